The SMILES string of the molecule is CCC1CCCN(c2ccc(C#N)cc2F)CC1. The average Bonchev–Trinajstić information content (AvgIpc) is 2.63. The van der Waals surface area contributed by atoms with E-state index in [1.54, 1.807) is 12.1 Å². The van der Waals surface area contributed by atoms with Crippen molar-refractivity contribution in [3.8, 4) is 6.07 Å². The van der Waals surface area contributed by atoms with Crippen molar-refractivity contribution >= 4 is 5.69 Å². The Labute approximate surface area is 108 Å². The fraction of sp³-hybridized carbons (Fsp3) is 0.533. The Morgan fingerprint density at radius 1 is 1.39 bits per heavy atom. The van der Waals surface area contributed by atoms with Crippen LogP contribution in [0.4, 0.5) is 10.1 Å². The van der Waals surface area contributed by atoms with Crippen molar-refractivity contribution in [3.05, 3.63) is 29.6 Å². The molecule has 1 unspecified atom stereocenters. The first kappa shape index (κ1) is 12.9. The van der Waals surface area contributed by atoms with Gasteiger partial charge in [0, 0.05) is 13.1 Å². The molecule has 0 saturated carbocycles. The van der Waals surface area contributed by atoms with Crippen LogP contribution in [0.1, 0.15) is 38.2 Å². The van der Waals surface area contributed by atoms with Crippen molar-refractivity contribution in [2.45, 2.75) is 32.6 Å². The molecule has 1 aromatic rings. The summed E-state index contributed by atoms with van der Waals surface area (Å²) in [6.07, 6.45) is 4.71. The van der Waals surface area contributed by atoms with Crippen LogP contribution in [0.3, 0.4) is 0 Å². The highest BCUT2D eigenvalue weighted by Gasteiger charge is 2.18. The molecule has 1 fully saturated rings. The number of hydrogen-bond acceptors (Lipinski definition) is 2. The Kier molecular flexibility index (Phi) is 4.19. The minimum atomic E-state index is -0.274. The molecule has 0 bridgehead atoms. The van der Waals surface area contributed by atoms with Crippen LogP contribution < -0.4 is 4.90 Å². The van der Waals surface area contributed by atoms with Gasteiger partial charge in [0.1, 0.15) is 5.82 Å². The zero-order valence-electron chi connectivity index (χ0n) is 10.8. The van der Waals surface area contributed by atoms with E-state index in [-0.39, 0.29) is 5.82 Å². The van der Waals surface area contributed by atoms with Crippen LogP contribution >= 0.6 is 0 Å². The molecule has 2 nitrogen and oxygen atoms in total. The zero-order valence-corrected chi connectivity index (χ0v) is 10.8. The molecule has 0 amide bonds. The first-order chi connectivity index (χ1) is 8.74. The minimum absolute atomic E-state index is 0.274. The van der Waals surface area contributed by atoms with Gasteiger partial charge in [-0.2, -0.15) is 5.26 Å². The van der Waals surface area contributed by atoms with Crippen molar-refractivity contribution in [1.29, 1.82) is 5.26 Å². The van der Waals surface area contributed by atoms with E-state index in [0.717, 1.165) is 31.8 Å². The van der Waals surface area contributed by atoms with Gasteiger partial charge in [-0.15, -0.1) is 0 Å². The van der Waals surface area contributed by atoms with Crippen molar-refractivity contribution in [2.75, 3.05) is 18.0 Å². The molecule has 1 saturated heterocycles. The molecule has 1 heterocycles. The fourth-order valence-electron chi connectivity index (χ4n) is 2.65. The molecule has 0 aliphatic carbocycles. The van der Waals surface area contributed by atoms with E-state index < -0.39 is 0 Å². The van der Waals surface area contributed by atoms with E-state index in [1.165, 1.54) is 18.9 Å². The van der Waals surface area contributed by atoms with Crippen LogP contribution in [0.5, 0.6) is 0 Å². The van der Waals surface area contributed by atoms with Gasteiger partial charge in [0.05, 0.1) is 17.3 Å². The zero-order chi connectivity index (χ0) is 13.0. The molecular weight excluding hydrogens is 227 g/mol. The second-order valence-corrected chi connectivity index (χ2v) is 4.97. The summed E-state index contributed by atoms with van der Waals surface area (Å²) >= 11 is 0. The quantitative estimate of drug-likeness (QED) is 0.795. The van der Waals surface area contributed by atoms with Crippen LogP contribution in [0.15, 0.2) is 18.2 Å². The van der Waals surface area contributed by atoms with Gasteiger partial charge in [-0.25, -0.2) is 4.39 Å². The van der Waals surface area contributed by atoms with Gasteiger partial charge in [-0.3, -0.25) is 0 Å². The Hall–Kier alpha value is -1.56. The van der Waals surface area contributed by atoms with E-state index in [2.05, 4.69) is 11.8 Å². The predicted octanol–water partition coefficient (Wildman–Crippen LogP) is 3.71. The number of halogens is 1. The van der Waals surface area contributed by atoms with Crippen LogP contribution in [0, 0.1) is 23.1 Å². The summed E-state index contributed by atoms with van der Waals surface area (Å²) in [5.74, 6) is 0.500. The second-order valence-electron chi connectivity index (χ2n) is 4.97. The maximum atomic E-state index is 13.9. The summed E-state index contributed by atoms with van der Waals surface area (Å²) in [4.78, 5) is 2.12. The molecule has 18 heavy (non-hydrogen) atoms. The first-order valence-electron chi connectivity index (χ1n) is 6.69. The van der Waals surface area contributed by atoms with Gasteiger partial charge in [0.15, 0.2) is 0 Å². The summed E-state index contributed by atoms with van der Waals surface area (Å²) in [7, 11) is 0. The lowest BCUT2D eigenvalue weighted by Gasteiger charge is -2.23. The normalized spacial score (nSPS) is 20.3. The third kappa shape index (κ3) is 2.81. The highest BCUT2D eigenvalue weighted by molar-refractivity contribution is 5.51. The molecular formula is C15H19FN2. The number of nitrogens with zero attached hydrogens (tertiary/aromatic N) is 2. The Bertz CT molecular complexity index is 450. The molecule has 1 atom stereocenters. The number of rotatable bonds is 2. The van der Waals surface area contributed by atoms with Crippen LogP contribution in [0.2, 0.25) is 0 Å². The highest BCUT2D eigenvalue weighted by Crippen LogP contribution is 2.26. The van der Waals surface area contributed by atoms with Crippen molar-refractivity contribution in [1.82, 2.24) is 0 Å². The van der Waals surface area contributed by atoms with Gasteiger partial charge in [-0.05, 0) is 43.4 Å². The Morgan fingerprint density at radius 3 is 2.89 bits per heavy atom. The number of anilines is 1. The van der Waals surface area contributed by atoms with E-state index in [1.807, 2.05) is 6.07 Å². The van der Waals surface area contributed by atoms with Crippen molar-refractivity contribution in [3.63, 3.8) is 0 Å². The lowest BCUT2D eigenvalue weighted by atomic mass is 9.98. The number of hydrogen-bond donors (Lipinski definition) is 0. The Morgan fingerprint density at radius 2 is 2.22 bits per heavy atom. The second kappa shape index (κ2) is 5.86. The van der Waals surface area contributed by atoms with Crippen molar-refractivity contribution in [2.24, 2.45) is 5.92 Å². The summed E-state index contributed by atoms with van der Waals surface area (Å²) < 4.78 is 13.9. The molecule has 0 N–H and O–H groups in total. The van der Waals surface area contributed by atoms with Gasteiger partial charge in [0.2, 0.25) is 0 Å². The van der Waals surface area contributed by atoms with E-state index >= 15 is 0 Å². The topological polar surface area (TPSA) is 27.0 Å². The summed E-state index contributed by atoms with van der Waals surface area (Å²) in [6.45, 7) is 4.06. The van der Waals surface area contributed by atoms with Crippen LogP contribution in [-0.4, -0.2) is 13.1 Å². The van der Waals surface area contributed by atoms with E-state index in [4.69, 9.17) is 5.26 Å². The maximum absolute atomic E-state index is 13.9. The van der Waals surface area contributed by atoms with E-state index in [0.29, 0.717) is 11.3 Å². The minimum Gasteiger partial charge on any atom is -0.369 e. The smallest absolute Gasteiger partial charge is 0.147 e. The summed E-state index contributed by atoms with van der Waals surface area (Å²) in [5, 5.41) is 8.74. The lowest BCUT2D eigenvalue weighted by molar-refractivity contribution is 0.459. The lowest BCUT2D eigenvalue weighted by Crippen LogP contribution is -2.25. The van der Waals surface area contributed by atoms with Gasteiger partial charge >= 0.3 is 0 Å². The molecule has 1 aliphatic rings. The van der Waals surface area contributed by atoms with Gasteiger partial charge in [0.25, 0.3) is 0 Å². The molecule has 0 spiro atoms. The number of benzene rings is 1. The maximum Gasteiger partial charge on any atom is 0.147 e. The van der Waals surface area contributed by atoms with Crippen molar-refractivity contribution < 1.29 is 4.39 Å². The molecule has 1 aliphatic heterocycles. The van der Waals surface area contributed by atoms with Crippen LogP contribution in [-0.2, 0) is 0 Å². The molecule has 96 valence electrons. The first-order valence-corrected chi connectivity index (χ1v) is 6.69. The summed E-state index contributed by atoms with van der Waals surface area (Å²) in [5.41, 5.74) is 1.03. The standard InChI is InChI=1S/C15H19FN2/c1-2-12-4-3-8-18(9-7-12)15-6-5-13(11-17)10-14(15)16/h5-6,10,12H,2-4,7-9H2,1H3. The fourth-order valence-corrected chi connectivity index (χ4v) is 2.65. The molecule has 3 heteroatoms. The number of nitriles is 1. The molecule has 0 radical (unpaired) electrons. The monoisotopic (exact) mass is 246 g/mol. The molecule has 2 rings (SSSR count). The van der Waals surface area contributed by atoms with Gasteiger partial charge in [-0.1, -0.05) is 13.3 Å². The molecule has 1 aromatic carbocycles. The third-order valence-electron chi connectivity index (χ3n) is 3.84. The average molecular weight is 246 g/mol. The van der Waals surface area contributed by atoms with E-state index in [9.17, 15) is 4.39 Å². The third-order valence-corrected chi connectivity index (χ3v) is 3.84. The highest BCUT2D eigenvalue weighted by atomic mass is 19.1. The largest absolute Gasteiger partial charge is 0.369 e. The van der Waals surface area contributed by atoms with Crippen LogP contribution in [0.25, 0.3) is 0 Å². The summed E-state index contributed by atoms with van der Waals surface area (Å²) in [6, 6.07) is 6.73. The predicted molar refractivity (Wildman–Crippen MR) is 71.0 cm³/mol. The Balaban J connectivity index is 2.14. The van der Waals surface area contributed by atoms with Gasteiger partial charge < -0.3 is 4.90 Å². The molecule has 0 aromatic heterocycles.